The van der Waals surface area contributed by atoms with E-state index >= 15 is 0 Å². The van der Waals surface area contributed by atoms with E-state index in [1.54, 1.807) is 36.8 Å². The van der Waals surface area contributed by atoms with E-state index in [4.69, 9.17) is 4.42 Å². The summed E-state index contributed by atoms with van der Waals surface area (Å²) in [7, 11) is 0. The minimum Gasteiger partial charge on any atom is -0.451 e. The number of amides is 1. The molecule has 0 spiro atoms. The van der Waals surface area contributed by atoms with Crippen molar-refractivity contribution in [3.8, 4) is 22.6 Å². The Kier molecular flexibility index (Phi) is 6.61. The molecule has 0 saturated carbocycles. The monoisotopic (exact) mass is 515 g/mol. The number of pyridine rings is 1. The van der Waals surface area contributed by atoms with Gasteiger partial charge in [0.15, 0.2) is 5.76 Å². The molecule has 2 aromatic carbocycles. The van der Waals surface area contributed by atoms with Gasteiger partial charge < -0.3 is 15.1 Å². The van der Waals surface area contributed by atoms with Gasteiger partial charge >= 0.3 is 6.18 Å². The molecule has 0 bridgehead atoms. The molecule has 0 radical (unpaired) electrons. The summed E-state index contributed by atoms with van der Waals surface area (Å²) in [5, 5.41) is 5.92. The Morgan fingerprint density at radius 2 is 1.76 bits per heavy atom. The summed E-state index contributed by atoms with van der Waals surface area (Å²) in [6, 6.07) is 18.4. The number of hydrogen-bond acceptors (Lipinski definition) is 6. The molecule has 190 valence electrons. The van der Waals surface area contributed by atoms with Gasteiger partial charge in [-0.2, -0.15) is 13.2 Å². The first-order chi connectivity index (χ1) is 18.3. The SMILES string of the molecule is Cc1ccc(NC(=O)c2ccc(-c3cccc(C(F)(F)F)c3)o2)cc1Nc1nccc(-c2cccnc2)n1. The van der Waals surface area contributed by atoms with Crippen LogP contribution in [-0.2, 0) is 6.18 Å². The minimum absolute atomic E-state index is 0.0417. The Hall–Kier alpha value is -4.99. The van der Waals surface area contributed by atoms with Gasteiger partial charge in [0.2, 0.25) is 5.95 Å². The van der Waals surface area contributed by atoms with Gasteiger partial charge in [0, 0.05) is 41.1 Å². The molecule has 0 aliphatic heterocycles. The molecule has 10 heteroatoms. The number of carbonyl (C=O) groups is 1. The van der Waals surface area contributed by atoms with Crippen molar-refractivity contribution >= 4 is 23.2 Å². The predicted molar refractivity (Wildman–Crippen MR) is 137 cm³/mol. The van der Waals surface area contributed by atoms with E-state index in [9.17, 15) is 18.0 Å². The van der Waals surface area contributed by atoms with Gasteiger partial charge in [0.25, 0.3) is 5.91 Å². The van der Waals surface area contributed by atoms with Crippen LogP contribution in [0.5, 0.6) is 0 Å². The molecule has 1 amide bonds. The van der Waals surface area contributed by atoms with Crippen LogP contribution in [0.15, 0.2) is 95.8 Å². The zero-order chi connectivity index (χ0) is 26.7. The molecule has 0 aliphatic rings. The van der Waals surface area contributed by atoms with Gasteiger partial charge in [0.1, 0.15) is 5.76 Å². The molecule has 0 unspecified atom stereocenters. The van der Waals surface area contributed by atoms with Crippen LogP contribution in [0.3, 0.4) is 0 Å². The summed E-state index contributed by atoms with van der Waals surface area (Å²) in [6.45, 7) is 1.90. The van der Waals surface area contributed by atoms with Gasteiger partial charge in [0.05, 0.1) is 11.3 Å². The van der Waals surface area contributed by atoms with Gasteiger partial charge in [-0.15, -0.1) is 0 Å². The topological polar surface area (TPSA) is 92.9 Å². The summed E-state index contributed by atoms with van der Waals surface area (Å²) in [6.07, 6.45) is 0.547. The molecule has 3 aromatic heterocycles. The normalized spacial score (nSPS) is 11.3. The van der Waals surface area contributed by atoms with Crippen LogP contribution in [0.1, 0.15) is 21.7 Å². The number of rotatable bonds is 6. The van der Waals surface area contributed by atoms with E-state index in [2.05, 4.69) is 25.6 Å². The average molecular weight is 515 g/mol. The lowest BCUT2D eigenvalue weighted by atomic mass is 10.1. The standard InChI is InChI=1S/C28H20F3N5O2/c1-17-7-8-21(15-23(17)36-27-33-13-11-22(35-27)19-5-3-12-32-16-19)34-26(37)25-10-9-24(38-25)18-4-2-6-20(14-18)28(29,30)31/h2-16H,1H3,(H,34,37)(H,33,35,36). The lowest BCUT2D eigenvalue weighted by Crippen LogP contribution is -2.11. The van der Waals surface area contributed by atoms with Gasteiger partial charge in [-0.1, -0.05) is 18.2 Å². The number of nitrogens with zero attached hydrogens (tertiary/aromatic N) is 3. The number of anilines is 3. The highest BCUT2D eigenvalue weighted by molar-refractivity contribution is 6.03. The van der Waals surface area contributed by atoms with Gasteiger partial charge in [-0.05, 0) is 67.1 Å². The summed E-state index contributed by atoms with van der Waals surface area (Å²) in [5.74, 6) is -0.0688. The highest BCUT2D eigenvalue weighted by Gasteiger charge is 2.30. The first-order valence-corrected chi connectivity index (χ1v) is 11.5. The molecule has 0 atom stereocenters. The van der Waals surface area contributed by atoms with Crippen LogP contribution < -0.4 is 10.6 Å². The highest BCUT2D eigenvalue weighted by atomic mass is 19.4. The third-order valence-electron chi connectivity index (χ3n) is 5.66. The Labute approximate surface area is 215 Å². The van der Waals surface area contributed by atoms with Crippen molar-refractivity contribution in [2.24, 2.45) is 0 Å². The number of aromatic nitrogens is 3. The average Bonchev–Trinajstić information content (AvgIpc) is 3.42. The van der Waals surface area contributed by atoms with E-state index in [0.717, 1.165) is 23.3 Å². The van der Waals surface area contributed by atoms with Crippen LogP contribution in [0, 0.1) is 6.92 Å². The molecule has 7 nitrogen and oxygen atoms in total. The maximum Gasteiger partial charge on any atom is 0.416 e. The van der Waals surface area contributed by atoms with E-state index in [0.29, 0.717) is 23.0 Å². The van der Waals surface area contributed by atoms with E-state index < -0.39 is 17.6 Å². The second-order valence-electron chi connectivity index (χ2n) is 8.36. The van der Waals surface area contributed by atoms with Crippen molar-refractivity contribution < 1.29 is 22.4 Å². The largest absolute Gasteiger partial charge is 0.451 e. The Bertz CT molecular complexity index is 1600. The van der Waals surface area contributed by atoms with Crippen molar-refractivity contribution in [2.45, 2.75) is 13.1 Å². The third kappa shape index (κ3) is 5.54. The summed E-state index contributed by atoms with van der Waals surface area (Å²) in [4.78, 5) is 25.7. The zero-order valence-electron chi connectivity index (χ0n) is 20.0. The summed E-state index contributed by atoms with van der Waals surface area (Å²) >= 11 is 0. The fraction of sp³-hybridized carbons (Fsp3) is 0.0714. The Morgan fingerprint density at radius 3 is 2.55 bits per heavy atom. The first-order valence-electron chi connectivity index (χ1n) is 11.5. The lowest BCUT2D eigenvalue weighted by Gasteiger charge is -2.12. The summed E-state index contributed by atoms with van der Waals surface area (Å²) < 4.78 is 44.7. The second-order valence-corrected chi connectivity index (χ2v) is 8.36. The number of hydrogen-bond donors (Lipinski definition) is 2. The van der Waals surface area contributed by atoms with Crippen molar-refractivity contribution in [1.29, 1.82) is 0 Å². The Morgan fingerprint density at radius 1 is 0.921 bits per heavy atom. The Balaban J connectivity index is 1.32. The second kappa shape index (κ2) is 10.2. The first kappa shape index (κ1) is 24.7. The molecule has 38 heavy (non-hydrogen) atoms. The molecule has 0 fully saturated rings. The van der Waals surface area contributed by atoms with Crippen molar-refractivity contribution in [3.05, 3.63) is 108 Å². The maximum atomic E-state index is 13.0. The van der Waals surface area contributed by atoms with Crippen LogP contribution in [-0.4, -0.2) is 20.9 Å². The molecule has 5 aromatic rings. The highest BCUT2D eigenvalue weighted by Crippen LogP contribution is 2.33. The number of alkyl halides is 3. The number of benzene rings is 2. The molecule has 0 aliphatic carbocycles. The van der Waals surface area contributed by atoms with Crippen LogP contribution in [0.25, 0.3) is 22.6 Å². The predicted octanol–water partition coefficient (Wildman–Crippen LogP) is 7.12. The third-order valence-corrected chi connectivity index (χ3v) is 5.66. The van der Waals surface area contributed by atoms with Crippen molar-refractivity contribution in [1.82, 2.24) is 15.0 Å². The lowest BCUT2D eigenvalue weighted by molar-refractivity contribution is -0.137. The van der Waals surface area contributed by atoms with Crippen molar-refractivity contribution in [3.63, 3.8) is 0 Å². The fourth-order valence-corrected chi connectivity index (χ4v) is 3.71. The molecule has 3 heterocycles. The molecule has 2 N–H and O–H groups in total. The fourth-order valence-electron chi connectivity index (χ4n) is 3.71. The van der Waals surface area contributed by atoms with Crippen LogP contribution in [0.2, 0.25) is 0 Å². The number of aryl methyl sites for hydroxylation is 1. The van der Waals surface area contributed by atoms with Gasteiger partial charge in [-0.25, -0.2) is 9.97 Å². The van der Waals surface area contributed by atoms with Crippen LogP contribution in [0.4, 0.5) is 30.5 Å². The summed E-state index contributed by atoms with van der Waals surface area (Å²) in [5.41, 5.74) is 3.01. The molecule has 5 rings (SSSR count). The zero-order valence-corrected chi connectivity index (χ0v) is 20.0. The number of halogens is 3. The van der Waals surface area contributed by atoms with E-state index in [1.807, 2.05) is 25.1 Å². The molecule has 0 saturated heterocycles. The van der Waals surface area contributed by atoms with Crippen LogP contribution >= 0.6 is 0 Å². The minimum atomic E-state index is -4.48. The van der Waals surface area contributed by atoms with Gasteiger partial charge in [-0.3, -0.25) is 9.78 Å². The van der Waals surface area contributed by atoms with E-state index in [-0.39, 0.29) is 17.1 Å². The maximum absolute atomic E-state index is 13.0. The number of nitrogens with one attached hydrogen (secondary N) is 2. The number of carbonyl (C=O) groups excluding carboxylic acids is 1. The quantitative estimate of drug-likeness (QED) is 0.250. The van der Waals surface area contributed by atoms with Crippen molar-refractivity contribution in [2.75, 3.05) is 10.6 Å². The molecular formula is C28H20F3N5O2. The number of furan rings is 1. The molecular weight excluding hydrogens is 495 g/mol. The van der Waals surface area contributed by atoms with E-state index in [1.165, 1.54) is 24.3 Å². The smallest absolute Gasteiger partial charge is 0.416 e.